The number of ether oxygens (including phenoxy) is 3. The number of carbonyl (C=O) groups is 3. The summed E-state index contributed by atoms with van der Waals surface area (Å²) in [5.74, 6) is -1.26. The molecule has 0 spiro atoms. The summed E-state index contributed by atoms with van der Waals surface area (Å²) in [7, 11) is 2.46. The number of carbonyl (C=O) groups excluding carboxylic acids is 3. The minimum absolute atomic E-state index is 0.102. The topological polar surface area (TPSA) is 90.9 Å². The van der Waals surface area contributed by atoms with Crippen LogP contribution in [0, 0.1) is 0 Å². The molecule has 0 aliphatic rings. The fourth-order valence-electron chi connectivity index (χ4n) is 2.39. The Bertz CT molecular complexity index is 865. The van der Waals surface area contributed by atoms with Crippen LogP contribution in [0.25, 0.3) is 0 Å². The van der Waals surface area contributed by atoms with Crippen molar-refractivity contribution in [2.24, 2.45) is 0 Å². The summed E-state index contributed by atoms with van der Waals surface area (Å²) in [6.45, 7) is 1.78. The summed E-state index contributed by atoms with van der Waals surface area (Å²) in [5.41, 5.74) is 0.403. The van der Waals surface area contributed by atoms with E-state index in [4.69, 9.17) is 21.1 Å². The Morgan fingerprint density at radius 1 is 1.00 bits per heavy atom. The fourth-order valence-corrected chi connectivity index (χ4v) is 2.52. The van der Waals surface area contributed by atoms with Gasteiger partial charge in [-0.3, -0.25) is 4.79 Å². The Hall–Kier alpha value is -3.06. The third kappa shape index (κ3) is 5.23. The molecule has 0 saturated carbocycles. The number of methoxy groups -OCH3 is 2. The van der Waals surface area contributed by atoms with Crippen molar-refractivity contribution in [2.75, 3.05) is 19.5 Å². The van der Waals surface area contributed by atoms with E-state index in [9.17, 15) is 14.4 Å². The van der Waals surface area contributed by atoms with Gasteiger partial charge in [0.05, 0.1) is 31.0 Å². The Morgan fingerprint density at radius 3 is 2.21 bits per heavy atom. The molecule has 2 aromatic carbocycles. The molecule has 2 rings (SSSR count). The van der Waals surface area contributed by atoms with E-state index >= 15 is 0 Å². The fraction of sp³-hybridized carbons (Fsp3) is 0.250. The van der Waals surface area contributed by atoms with Crippen molar-refractivity contribution in [1.82, 2.24) is 0 Å². The van der Waals surface area contributed by atoms with Crippen molar-refractivity contribution in [3.8, 4) is 5.75 Å². The van der Waals surface area contributed by atoms with Crippen LogP contribution in [0.15, 0.2) is 42.5 Å². The van der Waals surface area contributed by atoms with E-state index in [2.05, 4.69) is 10.1 Å². The largest absolute Gasteiger partial charge is 0.481 e. The molecule has 0 radical (unpaired) electrons. The average Bonchev–Trinajstić information content (AvgIpc) is 2.71. The number of halogens is 1. The van der Waals surface area contributed by atoms with Crippen LogP contribution in [-0.4, -0.2) is 38.2 Å². The lowest BCUT2D eigenvalue weighted by molar-refractivity contribution is -0.122. The van der Waals surface area contributed by atoms with Crippen LogP contribution in [0.5, 0.6) is 5.75 Å². The van der Waals surface area contributed by atoms with Crippen LogP contribution in [0.4, 0.5) is 5.69 Å². The number of esters is 2. The first-order valence-corrected chi connectivity index (χ1v) is 8.81. The van der Waals surface area contributed by atoms with Gasteiger partial charge >= 0.3 is 11.9 Å². The molecule has 8 heteroatoms. The van der Waals surface area contributed by atoms with Crippen LogP contribution in [-0.2, 0) is 14.3 Å². The maximum absolute atomic E-state index is 12.7. The minimum atomic E-state index is -0.826. The highest BCUT2D eigenvalue weighted by Crippen LogP contribution is 2.22. The van der Waals surface area contributed by atoms with Crippen LogP contribution >= 0.6 is 11.6 Å². The standard InChI is InChI=1S/C20H20ClNO6/c1-4-17(28-14-8-6-13(21)7-9-14)18(23)22-16-11-12(19(24)26-2)5-10-15(16)20(25)27-3/h5-11,17H,4H2,1-3H3,(H,22,23)/t17-/m1/s1. The third-order valence-electron chi connectivity index (χ3n) is 3.86. The smallest absolute Gasteiger partial charge is 0.339 e. The van der Waals surface area contributed by atoms with E-state index in [1.165, 1.54) is 32.4 Å². The number of amides is 1. The summed E-state index contributed by atoms with van der Waals surface area (Å²) < 4.78 is 15.1. The molecule has 0 unspecified atom stereocenters. The molecule has 28 heavy (non-hydrogen) atoms. The number of nitrogens with one attached hydrogen (secondary N) is 1. The summed E-state index contributed by atoms with van der Waals surface area (Å²) in [4.78, 5) is 36.5. The first-order valence-electron chi connectivity index (χ1n) is 8.43. The van der Waals surface area contributed by atoms with Crippen molar-refractivity contribution in [2.45, 2.75) is 19.4 Å². The molecular formula is C20H20ClNO6. The van der Waals surface area contributed by atoms with Crippen molar-refractivity contribution in [3.63, 3.8) is 0 Å². The molecule has 1 amide bonds. The average molecular weight is 406 g/mol. The van der Waals surface area contributed by atoms with Crippen molar-refractivity contribution < 1.29 is 28.6 Å². The second-order valence-corrected chi connectivity index (χ2v) is 6.14. The highest BCUT2D eigenvalue weighted by Gasteiger charge is 2.22. The molecule has 148 valence electrons. The van der Waals surface area contributed by atoms with Crippen LogP contribution < -0.4 is 10.1 Å². The summed E-state index contributed by atoms with van der Waals surface area (Å²) >= 11 is 5.85. The van der Waals surface area contributed by atoms with E-state index in [0.29, 0.717) is 17.2 Å². The predicted octanol–water partition coefficient (Wildman–Crippen LogP) is 3.71. The normalized spacial score (nSPS) is 11.3. The number of rotatable bonds is 7. The van der Waals surface area contributed by atoms with Gasteiger partial charge in [-0.05, 0) is 48.9 Å². The summed E-state index contributed by atoms with van der Waals surface area (Å²) in [6.07, 6.45) is -0.452. The van der Waals surface area contributed by atoms with E-state index in [1.54, 1.807) is 31.2 Å². The Labute approximate surface area is 167 Å². The zero-order valence-corrected chi connectivity index (χ0v) is 16.4. The lowest BCUT2D eigenvalue weighted by Gasteiger charge is -2.18. The highest BCUT2D eigenvalue weighted by molar-refractivity contribution is 6.30. The maximum atomic E-state index is 12.7. The summed E-state index contributed by atoms with van der Waals surface area (Å²) in [5, 5.41) is 3.18. The number of hydrogen-bond acceptors (Lipinski definition) is 6. The molecule has 1 N–H and O–H groups in total. The van der Waals surface area contributed by atoms with E-state index in [-0.39, 0.29) is 16.8 Å². The van der Waals surface area contributed by atoms with E-state index < -0.39 is 23.9 Å². The molecular weight excluding hydrogens is 386 g/mol. The van der Waals surface area contributed by atoms with Crippen LogP contribution in [0.3, 0.4) is 0 Å². The van der Waals surface area contributed by atoms with Crippen molar-refractivity contribution in [1.29, 1.82) is 0 Å². The number of hydrogen-bond donors (Lipinski definition) is 1. The van der Waals surface area contributed by atoms with Gasteiger partial charge in [-0.15, -0.1) is 0 Å². The SMILES string of the molecule is CC[C@@H](Oc1ccc(Cl)cc1)C(=O)Nc1cc(C(=O)OC)ccc1C(=O)OC. The predicted molar refractivity (Wildman–Crippen MR) is 104 cm³/mol. The zero-order valence-electron chi connectivity index (χ0n) is 15.7. The van der Waals surface area contributed by atoms with Gasteiger partial charge in [0.15, 0.2) is 6.10 Å². The Kier molecular flexibility index (Phi) is 7.40. The Morgan fingerprint density at radius 2 is 1.64 bits per heavy atom. The Balaban J connectivity index is 2.27. The van der Waals surface area contributed by atoms with E-state index in [1.807, 2.05) is 0 Å². The van der Waals surface area contributed by atoms with Gasteiger partial charge in [-0.2, -0.15) is 0 Å². The van der Waals surface area contributed by atoms with Gasteiger partial charge < -0.3 is 19.5 Å². The van der Waals surface area contributed by atoms with Gasteiger partial charge in [-0.25, -0.2) is 9.59 Å². The van der Waals surface area contributed by atoms with Crippen molar-refractivity contribution >= 4 is 35.1 Å². The summed E-state index contributed by atoms with van der Waals surface area (Å²) in [6, 6.07) is 10.7. The van der Waals surface area contributed by atoms with E-state index in [0.717, 1.165) is 0 Å². The molecule has 0 aliphatic carbocycles. The monoisotopic (exact) mass is 405 g/mol. The van der Waals surface area contributed by atoms with Gasteiger partial charge in [0, 0.05) is 5.02 Å². The molecule has 2 aromatic rings. The molecule has 0 aromatic heterocycles. The number of anilines is 1. The first-order chi connectivity index (χ1) is 13.4. The zero-order chi connectivity index (χ0) is 20.7. The highest BCUT2D eigenvalue weighted by atomic mass is 35.5. The third-order valence-corrected chi connectivity index (χ3v) is 4.11. The lowest BCUT2D eigenvalue weighted by Crippen LogP contribution is -2.33. The van der Waals surface area contributed by atoms with Crippen molar-refractivity contribution in [3.05, 3.63) is 58.6 Å². The molecule has 1 atom stereocenters. The van der Waals surface area contributed by atoms with Gasteiger partial charge in [0.2, 0.25) is 0 Å². The lowest BCUT2D eigenvalue weighted by atomic mass is 10.1. The van der Waals surface area contributed by atoms with Crippen LogP contribution in [0.2, 0.25) is 5.02 Å². The molecule has 0 bridgehead atoms. The first kappa shape index (κ1) is 21.2. The molecule has 0 fully saturated rings. The van der Waals surface area contributed by atoms with Gasteiger partial charge in [-0.1, -0.05) is 18.5 Å². The second-order valence-electron chi connectivity index (χ2n) is 5.70. The molecule has 7 nitrogen and oxygen atoms in total. The number of benzene rings is 2. The van der Waals surface area contributed by atoms with Gasteiger partial charge in [0.1, 0.15) is 5.75 Å². The minimum Gasteiger partial charge on any atom is -0.481 e. The molecule has 0 saturated heterocycles. The second kappa shape index (κ2) is 9.75. The van der Waals surface area contributed by atoms with Crippen LogP contribution in [0.1, 0.15) is 34.1 Å². The maximum Gasteiger partial charge on any atom is 0.339 e. The van der Waals surface area contributed by atoms with Gasteiger partial charge in [0.25, 0.3) is 5.91 Å². The molecule has 0 aliphatic heterocycles. The molecule has 0 heterocycles. The quantitative estimate of drug-likeness (QED) is 0.706.